The third-order valence-corrected chi connectivity index (χ3v) is 6.31. The molecule has 11 nitrogen and oxygen atoms in total. The van der Waals surface area contributed by atoms with E-state index < -0.39 is 42.0 Å². The maximum Gasteiger partial charge on any atom is 0.280 e. The number of nitrogens with two attached hydrogens (primary N) is 1. The van der Waals surface area contributed by atoms with Crippen molar-refractivity contribution in [1.82, 2.24) is 19.5 Å². The lowest BCUT2D eigenvalue weighted by molar-refractivity contribution is -0.174. The number of rotatable bonds is 13. The molecule has 3 heterocycles. The normalized spacial score (nSPS) is 25.2. The van der Waals surface area contributed by atoms with E-state index in [0.29, 0.717) is 6.42 Å². The Morgan fingerprint density at radius 2 is 1.82 bits per heavy atom. The molecule has 4 atom stereocenters. The second kappa shape index (κ2) is 11.2. The molecule has 0 aromatic carbocycles. The van der Waals surface area contributed by atoms with Crippen LogP contribution in [-0.4, -0.2) is 65.5 Å². The Balaban J connectivity index is 1.77. The summed E-state index contributed by atoms with van der Waals surface area (Å²) in [5.41, 5.74) is 2.84. The lowest BCUT2D eigenvalue weighted by Crippen LogP contribution is -2.51. The first kappa shape index (κ1) is 25.3. The van der Waals surface area contributed by atoms with Crippen LogP contribution in [0, 0.1) is 0 Å². The van der Waals surface area contributed by atoms with E-state index in [-0.39, 0.29) is 23.5 Å². The summed E-state index contributed by atoms with van der Waals surface area (Å²) in [6.07, 6.45) is 6.48. The quantitative estimate of drug-likeness (QED) is 0.270. The highest BCUT2D eigenvalue weighted by Crippen LogP contribution is 2.39. The number of hydrogen-bond acceptors (Lipinski definition) is 9. The van der Waals surface area contributed by atoms with Gasteiger partial charge in [-0.15, -0.1) is 0 Å². The van der Waals surface area contributed by atoms with E-state index in [0.717, 1.165) is 30.2 Å². The van der Waals surface area contributed by atoms with E-state index in [4.69, 9.17) is 10.5 Å². The Hall–Kier alpha value is -2.34. The molecule has 33 heavy (non-hydrogen) atoms. The van der Waals surface area contributed by atoms with E-state index in [1.807, 2.05) is 0 Å². The van der Waals surface area contributed by atoms with Gasteiger partial charge in [0.15, 0.2) is 16.9 Å². The number of ketones is 1. The van der Waals surface area contributed by atoms with Crippen LogP contribution in [-0.2, 0) is 15.3 Å². The van der Waals surface area contributed by atoms with Crippen LogP contribution in [0.2, 0.25) is 0 Å². The Morgan fingerprint density at radius 3 is 2.42 bits per heavy atom. The molecular formula is C22H35N5O6. The van der Waals surface area contributed by atoms with Gasteiger partial charge in [0.2, 0.25) is 11.7 Å². The van der Waals surface area contributed by atoms with E-state index in [2.05, 4.69) is 21.9 Å². The molecular weight excluding hydrogens is 430 g/mol. The molecule has 0 spiro atoms. The monoisotopic (exact) mass is 465 g/mol. The Labute approximate surface area is 192 Å². The SMILES string of the molecule is CCCCCCCCCCCC(=O)[C@@]1(n2cnc3c(=O)[nH]c(N)nc32)O[C@H](CO)[C@@H](O)[C@H]1O. The number of nitrogens with one attached hydrogen (secondary N) is 1. The minimum absolute atomic E-state index is 0.0541. The summed E-state index contributed by atoms with van der Waals surface area (Å²) in [5.74, 6) is -0.685. The Morgan fingerprint density at radius 1 is 1.18 bits per heavy atom. The number of unbranched alkanes of at least 4 members (excludes halogenated alkanes) is 8. The number of imidazole rings is 1. The van der Waals surface area contributed by atoms with Crippen LogP contribution >= 0.6 is 0 Å². The van der Waals surface area contributed by atoms with Gasteiger partial charge in [-0.05, 0) is 6.42 Å². The number of nitrogens with zero attached hydrogens (tertiary/aromatic N) is 3. The number of aliphatic hydroxyl groups excluding tert-OH is 3. The third kappa shape index (κ3) is 5.11. The largest absolute Gasteiger partial charge is 0.394 e. The maximum absolute atomic E-state index is 13.4. The summed E-state index contributed by atoms with van der Waals surface area (Å²) >= 11 is 0. The minimum atomic E-state index is -2.07. The number of nitrogen functional groups attached to an aromatic ring is 1. The highest BCUT2D eigenvalue weighted by molar-refractivity contribution is 5.88. The number of Topliss-reactive ketones (excluding diaryl/α,β-unsaturated/α-hetero) is 1. The zero-order chi connectivity index (χ0) is 24.0. The Kier molecular flexibility index (Phi) is 8.57. The first-order chi connectivity index (χ1) is 15.9. The molecule has 11 heteroatoms. The van der Waals surface area contributed by atoms with Crippen molar-refractivity contribution >= 4 is 22.9 Å². The van der Waals surface area contributed by atoms with Gasteiger partial charge in [0.25, 0.3) is 5.56 Å². The van der Waals surface area contributed by atoms with Crippen molar-refractivity contribution in [1.29, 1.82) is 0 Å². The Bertz CT molecular complexity index is 991. The van der Waals surface area contributed by atoms with Crippen LogP contribution in [0.15, 0.2) is 11.1 Å². The first-order valence-electron chi connectivity index (χ1n) is 11.8. The van der Waals surface area contributed by atoms with Crippen LogP contribution < -0.4 is 11.3 Å². The fourth-order valence-corrected chi connectivity index (χ4v) is 4.46. The van der Waals surface area contributed by atoms with Gasteiger partial charge in [-0.25, -0.2) is 4.98 Å². The number of aromatic amines is 1. The summed E-state index contributed by atoms with van der Waals surface area (Å²) in [6.45, 7) is 1.58. The van der Waals surface area contributed by atoms with Crippen LogP contribution in [0.5, 0.6) is 0 Å². The molecule has 2 aromatic heterocycles. The number of fused-ring (bicyclic) bond motifs is 1. The number of aromatic nitrogens is 4. The standard InChI is InChI=1S/C22H35N5O6/c1-2-3-4-5-6-7-8-9-10-11-15(29)22(18(31)17(30)14(12-28)33-22)27-13-24-16-19(27)25-21(23)26-20(16)32/h13-14,17-18,28,30-31H,2-12H2,1H3,(H3,23,25,26,32)/t14-,17-,18-,22-/m1/s1. The van der Waals surface area contributed by atoms with Gasteiger partial charge in [0.05, 0.1) is 6.61 Å². The molecule has 184 valence electrons. The summed E-state index contributed by atoms with van der Waals surface area (Å²) in [4.78, 5) is 36.0. The van der Waals surface area contributed by atoms with E-state index in [1.165, 1.54) is 32.1 Å². The molecule has 0 radical (unpaired) electrons. The number of carbonyl (C=O) groups is 1. The average Bonchev–Trinajstić information content (AvgIpc) is 3.32. The number of ether oxygens (including phenoxy) is 1. The minimum Gasteiger partial charge on any atom is -0.394 e. The van der Waals surface area contributed by atoms with Crippen molar-refractivity contribution < 1.29 is 24.9 Å². The fourth-order valence-electron chi connectivity index (χ4n) is 4.46. The predicted octanol–water partition coefficient (Wildman–Crippen LogP) is 0.957. The lowest BCUT2D eigenvalue weighted by Gasteiger charge is -2.32. The van der Waals surface area contributed by atoms with Crippen molar-refractivity contribution in [2.75, 3.05) is 12.3 Å². The second-order valence-electron chi connectivity index (χ2n) is 8.71. The molecule has 0 amide bonds. The molecule has 0 bridgehead atoms. The van der Waals surface area contributed by atoms with Crippen molar-refractivity contribution in [2.45, 2.75) is 95.2 Å². The number of hydrogen-bond donors (Lipinski definition) is 5. The molecule has 1 aliphatic rings. The van der Waals surface area contributed by atoms with Gasteiger partial charge in [0, 0.05) is 6.42 Å². The third-order valence-electron chi connectivity index (χ3n) is 6.31. The van der Waals surface area contributed by atoms with Gasteiger partial charge in [-0.1, -0.05) is 58.3 Å². The number of H-pyrrole nitrogens is 1. The molecule has 0 unspecified atom stereocenters. The topological polar surface area (TPSA) is 177 Å². The zero-order valence-electron chi connectivity index (χ0n) is 19.1. The molecule has 6 N–H and O–H groups in total. The molecule has 2 aromatic rings. The van der Waals surface area contributed by atoms with E-state index in [1.54, 1.807) is 0 Å². The highest BCUT2D eigenvalue weighted by Gasteiger charge is 2.60. The molecule has 1 aliphatic heterocycles. The molecule has 1 fully saturated rings. The van der Waals surface area contributed by atoms with E-state index >= 15 is 0 Å². The number of carbonyl (C=O) groups excluding carboxylic acids is 1. The molecule has 1 saturated heterocycles. The van der Waals surface area contributed by atoms with Crippen LogP contribution in [0.3, 0.4) is 0 Å². The maximum atomic E-state index is 13.4. The highest BCUT2D eigenvalue weighted by atomic mass is 16.6. The summed E-state index contributed by atoms with van der Waals surface area (Å²) in [7, 11) is 0. The van der Waals surface area contributed by atoms with Crippen molar-refractivity contribution in [3.05, 3.63) is 16.7 Å². The summed E-state index contributed by atoms with van der Waals surface area (Å²) in [5, 5.41) is 30.9. The molecule has 0 aliphatic carbocycles. The lowest BCUT2D eigenvalue weighted by atomic mass is 9.94. The van der Waals surface area contributed by atoms with E-state index in [9.17, 15) is 24.9 Å². The second-order valence-corrected chi connectivity index (χ2v) is 8.71. The van der Waals surface area contributed by atoms with Crippen LogP contribution in [0.25, 0.3) is 11.2 Å². The van der Waals surface area contributed by atoms with Gasteiger partial charge < -0.3 is 25.8 Å². The van der Waals surface area contributed by atoms with Gasteiger partial charge in [-0.3, -0.25) is 19.1 Å². The summed E-state index contributed by atoms with van der Waals surface area (Å²) < 4.78 is 6.93. The van der Waals surface area contributed by atoms with Crippen molar-refractivity contribution in [3.63, 3.8) is 0 Å². The zero-order valence-corrected chi connectivity index (χ0v) is 19.1. The van der Waals surface area contributed by atoms with Crippen LogP contribution in [0.1, 0.15) is 71.1 Å². The number of anilines is 1. The predicted molar refractivity (Wildman–Crippen MR) is 121 cm³/mol. The van der Waals surface area contributed by atoms with Gasteiger partial charge in [0.1, 0.15) is 24.6 Å². The molecule has 0 saturated carbocycles. The van der Waals surface area contributed by atoms with Crippen molar-refractivity contribution in [3.8, 4) is 0 Å². The first-order valence-corrected chi connectivity index (χ1v) is 11.8. The van der Waals surface area contributed by atoms with Gasteiger partial charge >= 0.3 is 0 Å². The van der Waals surface area contributed by atoms with Crippen LogP contribution in [0.4, 0.5) is 5.95 Å². The average molecular weight is 466 g/mol. The summed E-state index contributed by atoms with van der Waals surface area (Å²) in [6, 6.07) is 0. The van der Waals surface area contributed by atoms with Gasteiger partial charge in [-0.2, -0.15) is 4.98 Å². The fraction of sp³-hybridized carbons (Fsp3) is 0.727. The smallest absolute Gasteiger partial charge is 0.280 e. The number of aliphatic hydroxyl groups is 3. The molecule has 3 rings (SSSR count). The van der Waals surface area contributed by atoms with Crippen molar-refractivity contribution in [2.24, 2.45) is 0 Å².